The average Bonchev–Trinajstić information content (AvgIpc) is 4.06. The van der Waals surface area contributed by atoms with E-state index in [2.05, 4.69) is 21.3 Å². The van der Waals surface area contributed by atoms with Crippen molar-refractivity contribution in [1.29, 1.82) is 0 Å². The van der Waals surface area contributed by atoms with Crippen LogP contribution in [0.15, 0.2) is 91.1 Å². The van der Waals surface area contributed by atoms with E-state index < -0.39 is 64.7 Å². The molecule has 1 aliphatic rings. The van der Waals surface area contributed by atoms with Crippen LogP contribution in [0.3, 0.4) is 0 Å². The van der Waals surface area contributed by atoms with E-state index in [1.165, 1.54) is 19.1 Å². The van der Waals surface area contributed by atoms with E-state index in [4.69, 9.17) is 29.7 Å². The molecule has 20 nitrogen and oxygen atoms in total. The summed E-state index contributed by atoms with van der Waals surface area (Å²) >= 11 is 0. The number of halogens is 2. The maximum Gasteiger partial charge on any atom is 0.254 e. The van der Waals surface area contributed by atoms with Crippen LogP contribution in [0.4, 0.5) is 14.5 Å². The van der Waals surface area contributed by atoms with E-state index in [9.17, 15) is 38.0 Å². The molecule has 1 aliphatic heterocycles. The Bertz CT molecular complexity index is 2680. The summed E-state index contributed by atoms with van der Waals surface area (Å²) in [6.45, 7) is 14.2. The first-order chi connectivity index (χ1) is 37.8. The summed E-state index contributed by atoms with van der Waals surface area (Å²) in [5.41, 5.74) is 7.18. The van der Waals surface area contributed by atoms with Gasteiger partial charge in [-0.1, -0.05) is 65.0 Å². The smallest absolute Gasteiger partial charge is 0.254 e. The number of aromatic nitrogens is 2. The van der Waals surface area contributed by atoms with E-state index in [0.717, 1.165) is 28.7 Å². The molecule has 1 aromatic heterocycles. The average molecular weight is 1100 g/mol. The lowest BCUT2D eigenvalue weighted by atomic mass is 9.84. The number of nitrogens with two attached hydrogens (primary N) is 1. The van der Waals surface area contributed by atoms with Crippen molar-refractivity contribution in [2.45, 2.75) is 85.5 Å². The summed E-state index contributed by atoms with van der Waals surface area (Å²) in [7, 11) is 0. The zero-order valence-corrected chi connectivity index (χ0v) is 45.9. The fraction of sp³-hybridized carbons (Fsp3) is 0.474. The predicted octanol–water partition coefficient (Wildman–Crippen LogP) is 4.93. The Morgan fingerprint density at radius 2 is 1.37 bits per heavy atom. The van der Waals surface area contributed by atoms with Crippen molar-refractivity contribution in [2.75, 3.05) is 84.4 Å². The third-order valence-corrected chi connectivity index (χ3v) is 12.5. The SMILES string of the molecule is CC(C)[C@H](NC(=O)CCOCCOCCOCCOCCNC(=O)CCN1C(=O)C=CC1=O)C(=O)N[C@@H](C)C(=O)Nc1ccc(C(=O)N(CCCN)[C@@H](c2nc(-c3cc(F)ccc3F)cn2Cc2ccccc2)C(C)(C)C)cc1. The van der Waals surface area contributed by atoms with Crippen molar-refractivity contribution in [3.05, 3.63) is 120 Å². The van der Waals surface area contributed by atoms with Gasteiger partial charge < -0.3 is 55.4 Å². The second-order valence-corrected chi connectivity index (χ2v) is 20.2. The van der Waals surface area contributed by atoms with Crippen LogP contribution in [0.1, 0.15) is 88.6 Å². The minimum atomic E-state index is -1.01. The van der Waals surface area contributed by atoms with Crippen LogP contribution in [0.25, 0.3) is 11.3 Å². The molecule has 0 spiro atoms. The van der Waals surface area contributed by atoms with E-state index in [1.54, 1.807) is 49.2 Å². The number of rotatable bonds is 33. The monoisotopic (exact) mass is 1100 g/mol. The van der Waals surface area contributed by atoms with E-state index >= 15 is 4.39 Å². The Hall–Kier alpha value is -7.24. The highest BCUT2D eigenvalue weighted by Crippen LogP contribution is 2.40. The molecule has 79 heavy (non-hydrogen) atoms. The highest BCUT2D eigenvalue weighted by atomic mass is 19.1. The van der Waals surface area contributed by atoms with Gasteiger partial charge in [-0.2, -0.15) is 0 Å². The van der Waals surface area contributed by atoms with Gasteiger partial charge in [-0.15, -0.1) is 0 Å². The van der Waals surface area contributed by atoms with Crippen molar-refractivity contribution in [1.82, 2.24) is 35.3 Å². The normalized spacial score (nSPS) is 13.6. The number of hydrogen-bond donors (Lipinski definition) is 5. The first kappa shape index (κ1) is 62.6. The van der Waals surface area contributed by atoms with Gasteiger partial charge in [-0.05, 0) is 79.3 Å². The lowest BCUT2D eigenvalue weighted by Crippen LogP contribution is -2.53. The van der Waals surface area contributed by atoms with Gasteiger partial charge in [0.2, 0.25) is 23.6 Å². The van der Waals surface area contributed by atoms with Crippen LogP contribution >= 0.6 is 0 Å². The molecule has 0 bridgehead atoms. The lowest BCUT2D eigenvalue weighted by molar-refractivity contribution is -0.137. The molecule has 4 aromatic rings. The van der Waals surface area contributed by atoms with Gasteiger partial charge in [-0.25, -0.2) is 13.8 Å². The Labute approximate surface area is 460 Å². The zero-order valence-electron chi connectivity index (χ0n) is 45.9. The maximum absolute atomic E-state index is 15.2. The van der Waals surface area contributed by atoms with Crippen LogP contribution < -0.4 is 27.0 Å². The molecule has 0 aliphatic carbocycles. The van der Waals surface area contributed by atoms with Gasteiger partial charge >= 0.3 is 0 Å². The second kappa shape index (κ2) is 31.4. The summed E-state index contributed by atoms with van der Waals surface area (Å²) in [6.07, 6.45) is 4.46. The molecule has 5 rings (SSSR count). The third-order valence-electron chi connectivity index (χ3n) is 12.5. The molecular formula is C57H75F2N9O11. The number of nitrogens with one attached hydrogen (secondary N) is 4. The van der Waals surface area contributed by atoms with Crippen LogP contribution in [0, 0.1) is 23.0 Å². The summed E-state index contributed by atoms with van der Waals surface area (Å²) in [5.74, 6) is -4.11. The van der Waals surface area contributed by atoms with Crippen molar-refractivity contribution >= 4 is 47.0 Å². The summed E-state index contributed by atoms with van der Waals surface area (Å²) < 4.78 is 53.5. The largest absolute Gasteiger partial charge is 0.379 e. The number of benzene rings is 3. The van der Waals surface area contributed by atoms with Crippen LogP contribution in [0.5, 0.6) is 0 Å². The minimum absolute atomic E-state index is 0.00490. The number of amides is 7. The molecule has 0 radical (unpaired) electrons. The summed E-state index contributed by atoms with van der Waals surface area (Å²) in [6, 6.07) is 16.5. The van der Waals surface area contributed by atoms with Gasteiger partial charge in [0.15, 0.2) is 0 Å². The van der Waals surface area contributed by atoms with Gasteiger partial charge in [0.25, 0.3) is 17.7 Å². The zero-order chi connectivity index (χ0) is 57.5. The molecule has 3 aromatic carbocycles. The van der Waals surface area contributed by atoms with E-state index in [0.29, 0.717) is 63.0 Å². The molecule has 428 valence electrons. The molecule has 7 amide bonds. The number of anilines is 1. The van der Waals surface area contributed by atoms with Gasteiger partial charge in [0.05, 0.1) is 64.6 Å². The van der Waals surface area contributed by atoms with Crippen LogP contribution in [-0.4, -0.2) is 152 Å². The third kappa shape index (κ3) is 19.9. The summed E-state index contributed by atoms with van der Waals surface area (Å²) in [5, 5.41) is 10.9. The Morgan fingerprint density at radius 1 is 0.747 bits per heavy atom. The van der Waals surface area contributed by atoms with Crippen molar-refractivity contribution in [3.8, 4) is 11.3 Å². The van der Waals surface area contributed by atoms with Crippen molar-refractivity contribution in [2.24, 2.45) is 17.1 Å². The molecular weight excluding hydrogens is 1020 g/mol. The Kier molecular flexibility index (Phi) is 24.9. The highest BCUT2D eigenvalue weighted by molar-refractivity contribution is 6.13. The first-order valence-electron chi connectivity index (χ1n) is 26.5. The van der Waals surface area contributed by atoms with Crippen molar-refractivity contribution in [3.63, 3.8) is 0 Å². The van der Waals surface area contributed by atoms with Crippen molar-refractivity contribution < 1.29 is 61.3 Å². The molecule has 0 unspecified atom stereocenters. The van der Waals surface area contributed by atoms with Gasteiger partial charge in [-0.3, -0.25) is 38.5 Å². The number of imidazole rings is 1. The Morgan fingerprint density at radius 3 is 1.97 bits per heavy atom. The molecule has 22 heteroatoms. The number of hydrogen-bond acceptors (Lipinski definition) is 13. The van der Waals surface area contributed by atoms with Crippen LogP contribution in [0.2, 0.25) is 0 Å². The number of carbonyl (C=O) groups is 7. The summed E-state index contributed by atoms with van der Waals surface area (Å²) in [4.78, 5) is 96.9. The number of ether oxygens (including phenoxy) is 4. The minimum Gasteiger partial charge on any atom is -0.379 e. The highest BCUT2D eigenvalue weighted by Gasteiger charge is 2.39. The molecule has 3 atom stereocenters. The molecule has 0 saturated carbocycles. The van der Waals surface area contributed by atoms with Gasteiger partial charge in [0, 0.05) is 74.2 Å². The van der Waals surface area contributed by atoms with E-state index in [1.807, 2.05) is 55.7 Å². The van der Waals surface area contributed by atoms with E-state index in [-0.39, 0.29) is 87.9 Å². The fourth-order valence-electron chi connectivity index (χ4n) is 8.39. The topological polar surface area (TPSA) is 255 Å². The predicted molar refractivity (Wildman–Crippen MR) is 291 cm³/mol. The molecule has 0 fully saturated rings. The standard InChI is InChI=1S/C57H75F2N9O11/c1-38(2)51(65-48(70)22-27-76-29-31-78-33-34-79-32-30-77-28-24-61-47(69)21-26-67-49(71)19-20-50(67)72)55(74)62-39(3)54(73)63-43-16-13-41(14-17-43)56(75)68(25-10-23-60)52(57(4,5)6)53-64-46(44-35-42(58)15-18-45(44)59)37-66(53)36-40-11-8-7-9-12-40/h7-9,11-20,35,37-39,51-52H,10,21-34,36,60H2,1-6H3,(H,61,69)(H,62,74)(H,63,73)(H,65,70)/t39-,51-,52-/m0/s1. The number of nitrogens with zero attached hydrogens (tertiary/aromatic N) is 4. The number of imide groups is 1. The number of carbonyl (C=O) groups excluding carboxylic acids is 7. The van der Waals surface area contributed by atoms with Gasteiger partial charge in [0.1, 0.15) is 29.5 Å². The maximum atomic E-state index is 15.2. The molecule has 6 N–H and O–H groups in total. The molecule has 0 saturated heterocycles. The fourth-order valence-corrected chi connectivity index (χ4v) is 8.39. The first-order valence-corrected chi connectivity index (χ1v) is 26.5. The molecule has 2 heterocycles. The van der Waals surface area contributed by atoms with Crippen LogP contribution in [-0.2, 0) is 54.3 Å². The quantitative estimate of drug-likeness (QED) is 0.0314. The lowest BCUT2D eigenvalue weighted by Gasteiger charge is -2.40. The second-order valence-electron chi connectivity index (χ2n) is 20.2. The Balaban J connectivity index is 1.04.